The second-order valence-electron chi connectivity index (χ2n) is 2.17. The van der Waals surface area contributed by atoms with Gasteiger partial charge < -0.3 is 12.4 Å². The lowest BCUT2D eigenvalue weighted by Crippen LogP contribution is -3.00. The predicted octanol–water partition coefficient (Wildman–Crippen LogP) is -1.61. The molecule has 0 unspecified atom stereocenters. The number of rotatable bonds is 1. The molecule has 0 saturated heterocycles. The zero-order chi connectivity index (χ0) is 7.56. The summed E-state index contributed by atoms with van der Waals surface area (Å²) in [5.41, 5.74) is 6.76. The van der Waals surface area contributed by atoms with E-state index < -0.39 is 0 Å². The Morgan fingerprint density at radius 3 is 2.58 bits per heavy atom. The van der Waals surface area contributed by atoms with Crippen molar-refractivity contribution in [3.63, 3.8) is 0 Å². The van der Waals surface area contributed by atoms with Crippen molar-refractivity contribution in [2.24, 2.45) is 0 Å². The van der Waals surface area contributed by atoms with E-state index in [2.05, 4.69) is 6.58 Å². The van der Waals surface area contributed by atoms with Crippen molar-refractivity contribution in [1.82, 2.24) is 0 Å². The van der Waals surface area contributed by atoms with E-state index in [4.69, 9.17) is 5.73 Å². The molecule has 0 atom stereocenters. The molecule has 0 aromatic carbocycles. The van der Waals surface area contributed by atoms with Crippen LogP contribution in [0.3, 0.4) is 0 Å². The zero-order valence-electron chi connectivity index (χ0n) is 6.83. The molecule has 2 N–H and O–H groups in total. The first kappa shape index (κ1) is 13.8. The third kappa shape index (κ3) is 2.72. The smallest absolute Gasteiger partial charge is 0.279 e. The molecule has 0 fully saturated rings. The van der Waals surface area contributed by atoms with E-state index in [1.54, 1.807) is 10.8 Å². The van der Waals surface area contributed by atoms with Crippen LogP contribution < -0.4 is 22.7 Å². The summed E-state index contributed by atoms with van der Waals surface area (Å²) in [6, 6.07) is 3.91. The van der Waals surface area contributed by atoms with E-state index in [0.29, 0.717) is 0 Å². The van der Waals surface area contributed by atoms with E-state index in [-0.39, 0.29) is 24.8 Å². The van der Waals surface area contributed by atoms with Gasteiger partial charge in [0.1, 0.15) is 0 Å². The van der Waals surface area contributed by atoms with Crippen molar-refractivity contribution in [1.29, 1.82) is 0 Å². The van der Waals surface area contributed by atoms with Gasteiger partial charge in [-0.2, -0.15) is 0 Å². The van der Waals surface area contributed by atoms with Gasteiger partial charge in [0.2, 0.25) is 0 Å². The molecular formula is C8H12Cl2N2. The third-order valence-electron chi connectivity index (χ3n) is 1.47. The topological polar surface area (TPSA) is 29.9 Å². The molecule has 0 spiro atoms. The van der Waals surface area contributed by atoms with Crippen LogP contribution in [0.2, 0.25) is 0 Å². The Labute approximate surface area is 84.9 Å². The van der Waals surface area contributed by atoms with Crippen LogP contribution in [0.5, 0.6) is 0 Å². The van der Waals surface area contributed by atoms with Crippen LogP contribution in [-0.2, 0) is 0 Å². The highest BCUT2D eigenvalue weighted by Gasteiger charge is 2.01. The summed E-state index contributed by atoms with van der Waals surface area (Å²) < 4.78 is 1.79. The Kier molecular flexibility index (Phi) is 6.76. The van der Waals surface area contributed by atoms with E-state index >= 15 is 0 Å². The molecule has 0 aliphatic rings. The molecule has 1 aromatic rings. The van der Waals surface area contributed by atoms with Crippen molar-refractivity contribution < 1.29 is 17.0 Å². The average Bonchev–Trinajstić information content (AvgIpc) is 1.95. The molecule has 12 heavy (non-hydrogen) atoms. The Morgan fingerprint density at radius 1 is 1.58 bits per heavy atom. The molecule has 0 aliphatic heterocycles. The van der Waals surface area contributed by atoms with Crippen molar-refractivity contribution in [2.45, 2.75) is 6.92 Å². The SMILES string of the molecule is C=C[n+]1cccc(C)c1N.Cl.[Cl-]. The average molecular weight is 207 g/mol. The van der Waals surface area contributed by atoms with Crippen molar-refractivity contribution in [3.05, 3.63) is 30.5 Å². The van der Waals surface area contributed by atoms with Crippen LogP contribution in [0.15, 0.2) is 24.9 Å². The number of pyridine rings is 1. The molecule has 0 amide bonds. The molecule has 2 nitrogen and oxygen atoms in total. The number of anilines is 1. The van der Waals surface area contributed by atoms with Gasteiger partial charge in [-0.05, 0) is 19.1 Å². The highest BCUT2D eigenvalue weighted by atomic mass is 35.5. The first-order valence-electron chi connectivity index (χ1n) is 3.14. The molecule has 0 radical (unpaired) electrons. The number of aromatic nitrogens is 1. The van der Waals surface area contributed by atoms with Gasteiger partial charge in [-0.3, -0.25) is 5.73 Å². The van der Waals surface area contributed by atoms with Crippen LogP contribution in [0.4, 0.5) is 5.82 Å². The Morgan fingerprint density at radius 2 is 2.17 bits per heavy atom. The van der Waals surface area contributed by atoms with Gasteiger partial charge in [0.25, 0.3) is 5.82 Å². The normalized spacial score (nSPS) is 7.75. The fourth-order valence-corrected chi connectivity index (χ4v) is 0.809. The standard InChI is InChI=1S/C8H10N2.2ClH/c1-3-10-6-4-5-7(2)8(10)9;;/h3-6,9H,1H2,2H3;2*1H. The number of hydrogen-bond acceptors (Lipinski definition) is 1. The summed E-state index contributed by atoms with van der Waals surface area (Å²) in [6.45, 7) is 5.58. The molecule has 1 rings (SSSR count). The monoisotopic (exact) mass is 206 g/mol. The minimum absolute atomic E-state index is 0. The van der Waals surface area contributed by atoms with Crippen LogP contribution in [0.25, 0.3) is 6.20 Å². The number of halogens is 2. The van der Waals surface area contributed by atoms with Crippen LogP contribution in [-0.4, -0.2) is 0 Å². The quantitative estimate of drug-likeness (QED) is 0.552. The number of nitrogens with zero attached hydrogens (tertiary/aromatic N) is 1. The second kappa shape index (κ2) is 5.86. The van der Waals surface area contributed by atoms with E-state index in [0.717, 1.165) is 11.4 Å². The molecule has 1 aromatic heterocycles. The van der Waals surface area contributed by atoms with Gasteiger partial charge in [0.05, 0.1) is 12.4 Å². The molecule has 1 heterocycles. The fraction of sp³-hybridized carbons (Fsp3) is 0.125. The van der Waals surface area contributed by atoms with E-state index in [1.165, 1.54) is 0 Å². The maximum Gasteiger partial charge on any atom is 0.279 e. The second-order valence-corrected chi connectivity index (χ2v) is 2.17. The maximum atomic E-state index is 5.68. The van der Waals surface area contributed by atoms with E-state index in [9.17, 15) is 0 Å². The summed E-state index contributed by atoms with van der Waals surface area (Å²) in [6.07, 6.45) is 3.55. The van der Waals surface area contributed by atoms with Crippen molar-refractivity contribution in [2.75, 3.05) is 5.73 Å². The fourth-order valence-electron chi connectivity index (χ4n) is 0.809. The lowest BCUT2D eigenvalue weighted by atomic mass is 10.3. The summed E-state index contributed by atoms with van der Waals surface area (Å²) in [5, 5.41) is 0. The lowest BCUT2D eigenvalue weighted by molar-refractivity contribution is -0.552. The molecule has 0 aliphatic carbocycles. The van der Waals surface area contributed by atoms with Gasteiger partial charge >= 0.3 is 0 Å². The van der Waals surface area contributed by atoms with Crippen LogP contribution >= 0.6 is 12.4 Å². The first-order valence-corrected chi connectivity index (χ1v) is 3.14. The number of nitrogens with two attached hydrogens (primary N) is 1. The highest BCUT2D eigenvalue weighted by Crippen LogP contribution is 2.01. The van der Waals surface area contributed by atoms with Crippen LogP contribution in [0, 0.1) is 6.92 Å². The van der Waals surface area contributed by atoms with Gasteiger partial charge in [-0.15, -0.1) is 12.4 Å². The Hall–Kier alpha value is -0.730. The molecule has 0 saturated carbocycles. The first-order chi connectivity index (χ1) is 4.75. The molecule has 0 bridgehead atoms. The Balaban J connectivity index is 0. The third-order valence-corrected chi connectivity index (χ3v) is 1.47. The largest absolute Gasteiger partial charge is 1.00 e. The summed E-state index contributed by atoms with van der Waals surface area (Å²) in [4.78, 5) is 0. The van der Waals surface area contributed by atoms with Crippen LogP contribution in [0.1, 0.15) is 5.56 Å². The Bertz CT molecular complexity index is 261. The number of nitrogen functional groups attached to an aromatic ring is 1. The highest BCUT2D eigenvalue weighted by molar-refractivity contribution is 5.85. The molecular weight excluding hydrogens is 195 g/mol. The van der Waals surface area contributed by atoms with Gasteiger partial charge in [0, 0.05) is 5.56 Å². The molecule has 4 heteroatoms. The lowest BCUT2D eigenvalue weighted by Gasteiger charge is -1.96. The summed E-state index contributed by atoms with van der Waals surface area (Å²) >= 11 is 0. The predicted molar refractivity (Wildman–Crippen MR) is 49.4 cm³/mol. The van der Waals surface area contributed by atoms with Gasteiger partial charge in [-0.25, -0.2) is 4.57 Å². The maximum absolute atomic E-state index is 5.68. The van der Waals surface area contributed by atoms with Gasteiger partial charge in [-0.1, -0.05) is 6.58 Å². The number of aryl methyl sites for hydroxylation is 1. The zero-order valence-corrected chi connectivity index (χ0v) is 8.40. The summed E-state index contributed by atoms with van der Waals surface area (Å²) in [7, 11) is 0. The van der Waals surface area contributed by atoms with Crippen molar-refractivity contribution in [3.8, 4) is 0 Å². The minimum Gasteiger partial charge on any atom is -1.00 e. The molecule has 68 valence electrons. The van der Waals surface area contributed by atoms with Crippen molar-refractivity contribution >= 4 is 24.4 Å². The van der Waals surface area contributed by atoms with Gasteiger partial charge in [0.15, 0.2) is 0 Å². The number of hydrogen-bond donors (Lipinski definition) is 1. The summed E-state index contributed by atoms with van der Waals surface area (Å²) in [5.74, 6) is 0.748. The van der Waals surface area contributed by atoms with E-state index in [1.807, 2.05) is 25.3 Å². The minimum atomic E-state index is 0.